The number of methoxy groups -OCH3 is 1. The van der Waals surface area contributed by atoms with Crippen LogP contribution in [0.5, 0.6) is 5.75 Å². The maximum Gasteiger partial charge on any atom is 0.193 e. The number of benzene rings is 1. The fraction of sp³-hybridized carbons (Fsp3) is 0.667. The second kappa shape index (κ2) is 8.55. The van der Waals surface area contributed by atoms with Gasteiger partial charge in [0.25, 0.3) is 0 Å². The summed E-state index contributed by atoms with van der Waals surface area (Å²) in [4.78, 5) is 6.78. The predicted molar refractivity (Wildman–Crippen MR) is 119 cm³/mol. The van der Waals surface area contributed by atoms with Gasteiger partial charge in [-0.2, -0.15) is 0 Å². The number of hydrogen-bond donors (Lipinski definition) is 1. The van der Waals surface area contributed by atoms with Gasteiger partial charge in [0.2, 0.25) is 0 Å². The molecule has 1 spiro atoms. The van der Waals surface area contributed by atoms with Crippen molar-refractivity contribution in [3.05, 3.63) is 29.8 Å². The molecular formula is C21H32IN3O2. The Morgan fingerprint density at radius 3 is 2.78 bits per heavy atom. The lowest BCUT2D eigenvalue weighted by Gasteiger charge is -2.57. The van der Waals surface area contributed by atoms with Crippen LogP contribution in [0.25, 0.3) is 0 Å². The molecule has 0 aromatic heterocycles. The summed E-state index contributed by atoms with van der Waals surface area (Å²) in [5.41, 5.74) is 1.51. The Morgan fingerprint density at radius 1 is 1.33 bits per heavy atom. The molecule has 3 atom stereocenters. The first kappa shape index (κ1) is 20.7. The normalized spacial score (nSPS) is 28.3. The Labute approximate surface area is 179 Å². The smallest absolute Gasteiger partial charge is 0.193 e. The molecule has 1 aliphatic heterocycles. The lowest BCUT2D eigenvalue weighted by molar-refractivity contribution is -0.125. The summed E-state index contributed by atoms with van der Waals surface area (Å²) < 4.78 is 11.6. The molecule has 5 nitrogen and oxygen atoms in total. The molecule has 2 saturated carbocycles. The summed E-state index contributed by atoms with van der Waals surface area (Å²) in [5.74, 6) is 2.54. The summed E-state index contributed by atoms with van der Waals surface area (Å²) in [6, 6.07) is 8.69. The predicted octanol–water partition coefficient (Wildman–Crippen LogP) is 3.67. The highest BCUT2D eigenvalue weighted by Crippen LogP contribution is 2.60. The number of rotatable bonds is 4. The highest BCUT2D eigenvalue weighted by Gasteiger charge is 2.65. The molecule has 1 N–H and O–H groups in total. The maximum atomic E-state index is 6.11. The van der Waals surface area contributed by atoms with Gasteiger partial charge < -0.3 is 19.7 Å². The van der Waals surface area contributed by atoms with Crippen molar-refractivity contribution in [3.8, 4) is 5.75 Å². The van der Waals surface area contributed by atoms with E-state index >= 15 is 0 Å². The van der Waals surface area contributed by atoms with Crippen LogP contribution in [0.1, 0.15) is 37.7 Å². The Hall–Kier alpha value is -1.02. The maximum absolute atomic E-state index is 6.11. The number of ether oxygens (including phenoxy) is 2. The lowest BCUT2D eigenvalue weighted by Crippen LogP contribution is -2.69. The van der Waals surface area contributed by atoms with E-state index < -0.39 is 0 Å². The van der Waals surface area contributed by atoms with Crippen molar-refractivity contribution in [1.29, 1.82) is 0 Å². The number of halogens is 1. The molecule has 6 heteroatoms. The SMILES string of the molecule is CN=C(NC1C2CCOC2C12CCCC2)N(C)Cc1ccccc1OC.I. The number of fused-ring (bicyclic) bond motifs is 2. The molecule has 1 heterocycles. The fourth-order valence-electron chi connectivity index (χ4n) is 5.55. The van der Waals surface area contributed by atoms with Gasteiger partial charge in [-0.05, 0) is 25.3 Å². The van der Waals surface area contributed by atoms with E-state index in [9.17, 15) is 0 Å². The summed E-state index contributed by atoms with van der Waals surface area (Å²) in [6.07, 6.45) is 6.90. The first-order valence-electron chi connectivity index (χ1n) is 9.87. The van der Waals surface area contributed by atoms with Gasteiger partial charge in [-0.1, -0.05) is 31.0 Å². The summed E-state index contributed by atoms with van der Waals surface area (Å²) in [6.45, 7) is 1.69. The molecule has 27 heavy (non-hydrogen) atoms. The van der Waals surface area contributed by atoms with E-state index in [4.69, 9.17) is 9.47 Å². The monoisotopic (exact) mass is 485 g/mol. The van der Waals surface area contributed by atoms with Gasteiger partial charge in [0, 0.05) is 50.2 Å². The highest BCUT2D eigenvalue weighted by molar-refractivity contribution is 14.0. The molecule has 0 bridgehead atoms. The summed E-state index contributed by atoms with van der Waals surface area (Å²) >= 11 is 0. The topological polar surface area (TPSA) is 46.1 Å². The van der Waals surface area contributed by atoms with Crippen LogP contribution < -0.4 is 10.1 Å². The van der Waals surface area contributed by atoms with E-state index in [1.807, 2.05) is 19.2 Å². The van der Waals surface area contributed by atoms with Crippen molar-refractivity contribution in [1.82, 2.24) is 10.2 Å². The van der Waals surface area contributed by atoms with Crippen molar-refractivity contribution < 1.29 is 9.47 Å². The van der Waals surface area contributed by atoms with Gasteiger partial charge in [0.05, 0.1) is 13.2 Å². The first-order valence-corrected chi connectivity index (χ1v) is 9.87. The third-order valence-corrected chi connectivity index (χ3v) is 6.74. The van der Waals surface area contributed by atoms with Crippen LogP contribution in [0.3, 0.4) is 0 Å². The Kier molecular flexibility index (Phi) is 6.56. The largest absolute Gasteiger partial charge is 0.496 e. The minimum atomic E-state index is 0. The molecule has 2 aliphatic carbocycles. The molecule has 4 rings (SSSR count). The van der Waals surface area contributed by atoms with Gasteiger partial charge in [0.1, 0.15) is 5.75 Å². The average Bonchev–Trinajstić information content (AvgIpc) is 3.31. The van der Waals surface area contributed by atoms with Gasteiger partial charge in [-0.3, -0.25) is 4.99 Å². The van der Waals surface area contributed by atoms with E-state index in [1.165, 1.54) is 37.7 Å². The van der Waals surface area contributed by atoms with Crippen LogP contribution in [0.4, 0.5) is 0 Å². The van der Waals surface area contributed by atoms with E-state index in [0.29, 0.717) is 23.5 Å². The van der Waals surface area contributed by atoms with Gasteiger partial charge in [-0.15, -0.1) is 24.0 Å². The number of nitrogens with one attached hydrogen (secondary N) is 1. The lowest BCUT2D eigenvalue weighted by atomic mass is 9.54. The molecule has 150 valence electrons. The van der Waals surface area contributed by atoms with Crippen molar-refractivity contribution >= 4 is 29.9 Å². The van der Waals surface area contributed by atoms with Gasteiger partial charge in [-0.25, -0.2) is 0 Å². The van der Waals surface area contributed by atoms with Crippen LogP contribution in [-0.2, 0) is 11.3 Å². The van der Waals surface area contributed by atoms with Crippen LogP contribution in [0.15, 0.2) is 29.3 Å². The fourth-order valence-corrected chi connectivity index (χ4v) is 5.55. The minimum absolute atomic E-state index is 0. The first-order chi connectivity index (χ1) is 12.7. The molecule has 1 aromatic carbocycles. The van der Waals surface area contributed by atoms with Crippen molar-refractivity contribution in [2.45, 2.75) is 50.8 Å². The molecule has 0 amide bonds. The quantitative estimate of drug-likeness (QED) is 0.402. The molecule has 3 fully saturated rings. The van der Waals surface area contributed by atoms with Crippen LogP contribution >= 0.6 is 24.0 Å². The summed E-state index contributed by atoms with van der Waals surface area (Å²) in [5, 5.41) is 3.82. The minimum Gasteiger partial charge on any atom is -0.496 e. The van der Waals surface area contributed by atoms with E-state index in [1.54, 1.807) is 7.11 Å². The number of guanidine groups is 1. The zero-order valence-electron chi connectivity index (χ0n) is 16.6. The molecule has 3 aliphatic rings. The van der Waals surface area contributed by atoms with Crippen molar-refractivity contribution in [2.24, 2.45) is 16.3 Å². The zero-order chi connectivity index (χ0) is 18.1. The van der Waals surface area contributed by atoms with Crippen molar-refractivity contribution in [3.63, 3.8) is 0 Å². The molecule has 3 unspecified atom stereocenters. The van der Waals surface area contributed by atoms with E-state index in [2.05, 4.69) is 34.4 Å². The van der Waals surface area contributed by atoms with E-state index in [0.717, 1.165) is 24.9 Å². The van der Waals surface area contributed by atoms with Crippen LogP contribution in [0, 0.1) is 11.3 Å². The van der Waals surface area contributed by atoms with Crippen molar-refractivity contribution in [2.75, 3.05) is 27.8 Å². The standard InChI is InChI=1S/C21H31N3O2.HI/c1-22-20(24(2)14-15-8-4-5-9-17(15)25-3)23-18-16-10-13-26-19(16)21(18)11-6-7-12-21;/h4-5,8-9,16,18-19H,6-7,10-14H2,1-3H3,(H,22,23);1H. The van der Waals surface area contributed by atoms with E-state index in [-0.39, 0.29) is 24.0 Å². The summed E-state index contributed by atoms with van der Waals surface area (Å²) in [7, 11) is 5.71. The molecule has 1 aromatic rings. The molecule has 0 radical (unpaired) electrons. The Bertz CT molecular complexity index is 675. The van der Waals surface area contributed by atoms with Gasteiger partial charge >= 0.3 is 0 Å². The second-order valence-electron chi connectivity index (χ2n) is 8.02. The van der Waals surface area contributed by atoms with Crippen LogP contribution in [0.2, 0.25) is 0 Å². The number of aliphatic imine (C=N–C) groups is 1. The number of hydrogen-bond acceptors (Lipinski definition) is 3. The third-order valence-electron chi connectivity index (χ3n) is 6.74. The number of nitrogens with zero attached hydrogens (tertiary/aromatic N) is 2. The molecular weight excluding hydrogens is 453 g/mol. The average molecular weight is 485 g/mol. The zero-order valence-corrected chi connectivity index (χ0v) is 18.9. The number of para-hydroxylation sites is 1. The second-order valence-corrected chi connectivity index (χ2v) is 8.02. The molecule has 1 saturated heterocycles. The Balaban J connectivity index is 0.00000210. The highest BCUT2D eigenvalue weighted by atomic mass is 127. The Morgan fingerprint density at radius 2 is 2.07 bits per heavy atom. The van der Waals surface area contributed by atoms with Gasteiger partial charge in [0.15, 0.2) is 5.96 Å². The van der Waals surface area contributed by atoms with Crippen LogP contribution in [-0.4, -0.2) is 50.8 Å². The third kappa shape index (κ3) is 3.55.